The molecule has 0 atom stereocenters. The van der Waals surface area contributed by atoms with Gasteiger partial charge < -0.3 is 4.90 Å². The molecule has 0 aliphatic rings. The molecule has 1 rings (SSSR count). The van der Waals surface area contributed by atoms with Crippen molar-refractivity contribution in [2.75, 3.05) is 19.6 Å². The van der Waals surface area contributed by atoms with Gasteiger partial charge in [-0.15, -0.1) is 0 Å². The summed E-state index contributed by atoms with van der Waals surface area (Å²) in [5.74, 6) is 0. The lowest BCUT2D eigenvalue weighted by Gasteiger charge is -2.17. The molecule has 0 aliphatic heterocycles. The number of hydrogen-bond acceptors (Lipinski definition) is 1. The first-order chi connectivity index (χ1) is 12.8. The summed E-state index contributed by atoms with van der Waals surface area (Å²) in [6, 6.07) is 8.85. The van der Waals surface area contributed by atoms with Gasteiger partial charge in [0, 0.05) is 0 Å². The molecule has 26 heavy (non-hydrogen) atoms. The highest BCUT2D eigenvalue weighted by Gasteiger charge is 1.99. The Morgan fingerprint density at radius 3 is 1.58 bits per heavy atom. The number of nitrogens with zero attached hydrogens (tertiary/aromatic N) is 1. The zero-order chi connectivity index (χ0) is 18.9. The molecule has 1 aromatic rings. The average Bonchev–Trinajstić information content (AvgIpc) is 2.66. The standard InChI is InChI=1S/C25H45N/c1-4-26(5-2)23-19-15-13-11-9-7-6-8-10-12-14-16-21-25-22-18-17-20-24(25)3/h17-18,20,22H,4-16,19,21,23H2,1-3H3. The van der Waals surface area contributed by atoms with Crippen molar-refractivity contribution in [2.45, 2.75) is 104 Å². The normalized spacial score (nSPS) is 11.4. The maximum absolute atomic E-state index is 2.54. The van der Waals surface area contributed by atoms with E-state index in [1.54, 1.807) is 5.56 Å². The largest absolute Gasteiger partial charge is 0.304 e. The van der Waals surface area contributed by atoms with Crippen LogP contribution in [0.4, 0.5) is 0 Å². The second-order valence-corrected chi connectivity index (χ2v) is 7.95. The molecule has 0 spiro atoms. The van der Waals surface area contributed by atoms with E-state index in [4.69, 9.17) is 0 Å². The van der Waals surface area contributed by atoms with Crippen LogP contribution in [0.5, 0.6) is 0 Å². The van der Waals surface area contributed by atoms with E-state index in [0.717, 1.165) is 0 Å². The summed E-state index contributed by atoms with van der Waals surface area (Å²) in [5, 5.41) is 0. The monoisotopic (exact) mass is 359 g/mol. The molecule has 0 fully saturated rings. The number of aryl methyl sites for hydroxylation is 2. The molecule has 0 aliphatic carbocycles. The lowest BCUT2D eigenvalue weighted by atomic mass is 10.0. The van der Waals surface area contributed by atoms with Gasteiger partial charge in [0.05, 0.1) is 0 Å². The minimum absolute atomic E-state index is 1.21. The Balaban J connectivity index is 1.79. The molecule has 0 unspecified atom stereocenters. The molecule has 0 radical (unpaired) electrons. The van der Waals surface area contributed by atoms with E-state index in [9.17, 15) is 0 Å². The Labute approximate surface area is 164 Å². The highest BCUT2D eigenvalue weighted by molar-refractivity contribution is 5.25. The molecular formula is C25H45N. The van der Waals surface area contributed by atoms with Crippen LogP contribution in [-0.2, 0) is 6.42 Å². The van der Waals surface area contributed by atoms with E-state index in [1.165, 1.54) is 109 Å². The maximum atomic E-state index is 2.54. The summed E-state index contributed by atoms with van der Waals surface area (Å²) >= 11 is 0. The molecule has 1 aromatic carbocycles. The van der Waals surface area contributed by atoms with Crippen LogP contribution >= 0.6 is 0 Å². The Hall–Kier alpha value is -0.820. The fourth-order valence-electron chi connectivity index (χ4n) is 3.85. The van der Waals surface area contributed by atoms with Crippen LogP contribution in [0.3, 0.4) is 0 Å². The molecule has 1 heteroatoms. The van der Waals surface area contributed by atoms with Crippen LogP contribution in [0.15, 0.2) is 24.3 Å². The van der Waals surface area contributed by atoms with Crippen LogP contribution in [0, 0.1) is 6.92 Å². The number of rotatable bonds is 17. The summed E-state index contributed by atoms with van der Waals surface area (Å²) < 4.78 is 0. The summed E-state index contributed by atoms with van der Waals surface area (Å²) in [4.78, 5) is 2.54. The first-order valence-corrected chi connectivity index (χ1v) is 11.5. The fourth-order valence-corrected chi connectivity index (χ4v) is 3.85. The lowest BCUT2D eigenvalue weighted by molar-refractivity contribution is 0.295. The molecule has 150 valence electrons. The fraction of sp³-hybridized carbons (Fsp3) is 0.760. The molecule has 0 saturated heterocycles. The van der Waals surface area contributed by atoms with E-state index in [2.05, 4.69) is 49.9 Å². The Kier molecular flexibility index (Phi) is 14.6. The Morgan fingerprint density at radius 1 is 0.615 bits per heavy atom. The van der Waals surface area contributed by atoms with E-state index in [1.807, 2.05) is 0 Å². The smallest absolute Gasteiger partial charge is 0.00190 e. The van der Waals surface area contributed by atoms with E-state index < -0.39 is 0 Å². The molecule has 0 amide bonds. The highest BCUT2D eigenvalue weighted by atomic mass is 15.1. The number of unbranched alkanes of at least 4 members (excludes halogenated alkanes) is 11. The third-order valence-corrected chi connectivity index (χ3v) is 5.83. The van der Waals surface area contributed by atoms with Crippen molar-refractivity contribution in [1.29, 1.82) is 0 Å². The van der Waals surface area contributed by atoms with Gasteiger partial charge in [0.15, 0.2) is 0 Å². The molecule has 0 aromatic heterocycles. The quantitative estimate of drug-likeness (QED) is 0.259. The highest BCUT2D eigenvalue weighted by Crippen LogP contribution is 2.15. The van der Waals surface area contributed by atoms with Crippen molar-refractivity contribution in [3.63, 3.8) is 0 Å². The summed E-state index contributed by atoms with van der Waals surface area (Å²) in [6.07, 6.45) is 18.4. The predicted octanol–water partition coefficient (Wildman–Crippen LogP) is 7.56. The zero-order valence-corrected chi connectivity index (χ0v) is 18.1. The van der Waals surface area contributed by atoms with Crippen molar-refractivity contribution < 1.29 is 0 Å². The number of hydrogen-bond donors (Lipinski definition) is 0. The van der Waals surface area contributed by atoms with Crippen molar-refractivity contribution in [3.8, 4) is 0 Å². The predicted molar refractivity (Wildman–Crippen MR) is 118 cm³/mol. The van der Waals surface area contributed by atoms with Crippen molar-refractivity contribution >= 4 is 0 Å². The van der Waals surface area contributed by atoms with Crippen LogP contribution in [0.25, 0.3) is 0 Å². The first-order valence-electron chi connectivity index (χ1n) is 11.5. The third kappa shape index (κ3) is 11.7. The van der Waals surface area contributed by atoms with Crippen molar-refractivity contribution in [2.24, 2.45) is 0 Å². The second-order valence-electron chi connectivity index (χ2n) is 7.95. The second kappa shape index (κ2) is 16.4. The van der Waals surface area contributed by atoms with E-state index in [-0.39, 0.29) is 0 Å². The maximum Gasteiger partial charge on any atom is -0.00190 e. The zero-order valence-electron chi connectivity index (χ0n) is 18.1. The first kappa shape index (κ1) is 23.2. The summed E-state index contributed by atoms with van der Waals surface area (Å²) in [7, 11) is 0. The van der Waals surface area contributed by atoms with Crippen LogP contribution < -0.4 is 0 Å². The van der Waals surface area contributed by atoms with Gasteiger partial charge in [0.25, 0.3) is 0 Å². The van der Waals surface area contributed by atoms with Crippen LogP contribution in [0.2, 0.25) is 0 Å². The van der Waals surface area contributed by atoms with Gasteiger partial charge in [-0.05, 0) is 56.9 Å². The summed E-state index contributed by atoms with van der Waals surface area (Å²) in [6.45, 7) is 10.5. The van der Waals surface area contributed by atoms with E-state index >= 15 is 0 Å². The SMILES string of the molecule is CCN(CC)CCCCCCCCCCCCCCc1ccccc1C. The Morgan fingerprint density at radius 2 is 1.08 bits per heavy atom. The third-order valence-electron chi connectivity index (χ3n) is 5.83. The van der Waals surface area contributed by atoms with Gasteiger partial charge in [0.2, 0.25) is 0 Å². The van der Waals surface area contributed by atoms with Crippen molar-refractivity contribution in [3.05, 3.63) is 35.4 Å². The van der Waals surface area contributed by atoms with Gasteiger partial charge in [-0.25, -0.2) is 0 Å². The van der Waals surface area contributed by atoms with Gasteiger partial charge in [0.1, 0.15) is 0 Å². The minimum Gasteiger partial charge on any atom is -0.304 e. The van der Waals surface area contributed by atoms with Gasteiger partial charge >= 0.3 is 0 Å². The Bertz CT molecular complexity index is 422. The topological polar surface area (TPSA) is 3.24 Å². The minimum atomic E-state index is 1.21. The van der Waals surface area contributed by atoms with Crippen LogP contribution in [0.1, 0.15) is 102 Å². The average molecular weight is 360 g/mol. The van der Waals surface area contributed by atoms with Gasteiger partial charge in [-0.1, -0.05) is 102 Å². The molecule has 0 bridgehead atoms. The van der Waals surface area contributed by atoms with E-state index in [0.29, 0.717) is 0 Å². The molecular weight excluding hydrogens is 314 g/mol. The lowest BCUT2D eigenvalue weighted by Crippen LogP contribution is -2.23. The molecule has 0 N–H and O–H groups in total. The van der Waals surface area contributed by atoms with Gasteiger partial charge in [-0.3, -0.25) is 0 Å². The molecule has 1 nitrogen and oxygen atoms in total. The van der Waals surface area contributed by atoms with Gasteiger partial charge in [-0.2, -0.15) is 0 Å². The number of benzene rings is 1. The van der Waals surface area contributed by atoms with Crippen molar-refractivity contribution in [1.82, 2.24) is 4.90 Å². The molecule has 0 heterocycles. The van der Waals surface area contributed by atoms with Crippen LogP contribution in [-0.4, -0.2) is 24.5 Å². The summed E-state index contributed by atoms with van der Waals surface area (Å²) in [5.41, 5.74) is 3.00. The molecule has 0 saturated carbocycles.